The van der Waals surface area contributed by atoms with E-state index >= 15 is 0 Å². The van der Waals surface area contributed by atoms with Crippen molar-refractivity contribution in [3.05, 3.63) is 57.1 Å². The number of anilines is 2. The Kier molecular flexibility index (Phi) is 6.09. The minimum atomic E-state index is -0.348. The summed E-state index contributed by atoms with van der Waals surface area (Å²) in [6, 6.07) is 8.80. The predicted molar refractivity (Wildman–Crippen MR) is 104 cm³/mol. The fourth-order valence-electron chi connectivity index (χ4n) is 2.87. The van der Waals surface area contributed by atoms with Crippen LogP contribution in [0.2, 0.25) is 10.0 Å². The van der Waals surface area contributed by atoms with Gasteiger partial charge in [-0.2, -0.15) is 0 Å². The number of benzene rings is 2. The molecule has 1 N–H and O–H groups in total. The van der Waals surface area contributed by atoms with Gasteiger partial charge in [0.05, 0.1) is 16.4 Å². The molecule has 0 saturated heterocycles. The predicted octanol–water partition coefficient (Wildman–Crippen LogP) is 4.91. The van der Waals surface area contributed by atoms with E-state index in [1.165, 1.54) is 11.8 Å². The van der Waals surface area contributed by atoms with Gasteiger partial charge in [-0.1, -0.05) is 40.9 Å². The van der Waals surface area contributed by atoms with Crippen molar-refractivity contribution in [2.45, 2.75) is 27.7 Å². The molecule has 2 amide bonds. The van der Waals surface area contributed by atoms with Gasteiger partial charge >= 0.3 is 0 Å². The summed E-state index contributed by atoms with van der Waals surface area (Å²) in [5.41, 5.74) is 4.17. The van der Waals surface area contributed by atoms with Crippen molar-refractivity contribution >= 4 is 46.4 Å². The second kappa shape index (κ2) is 7.89. The first kappa shape index (κ1) is 19.3. The molecule has 2 rings (SSSR count). The molecule has 4 nitrogen and oxygen atoms in total. The van der Waals surface area contributed by atoms with Crippen LogP contribution in [0.4, 0.5) is 11.4 Å². The van der Waals surface area contributed by atoms with Crippen LogP contribution in [-0.4, -0.2) is 18.4 Å². The third kappa shape index (κ3) is 4.74. The van der Waals surface area contributed by atoms with Gasteiger partial charge in [0.25, 0.3) is 0 Å². The molecule has 132 valence electrons. The fourth-order valence-corrected chi connectivity index (χ4v) is 3.21. The Labute approximate surface area is 157 Å². The molecule has 0 aliphatic heterocycles. The Morgan fingerprint density at radius 3 is 2.20 bits per heavy atom. The Morgan fingerprint density at radius 2 is 1.64 bits per heavy atom. The number of hydrogen-bond donors (Lipinski definition) is 1. The highest BCUT2D eigenvalue weighted by Crippen LogP contribution is 2.28. The monoisotopic (exact) mass is 378 g/mol. The van der Waals surface area contributed by atoms with E-state index in [0.29, 0.717) is 15.7 Å². The Hall–Kier alpha value is -2.04. The van der Waals surface area contributed by atoms with Gasteiger partial charge in [-0.25, -0.2) is 0 Å². The summed E-state index contributed by atoms with van der Waals surface area (Å²) < 4.78 is 0. The highest BCUT2D eigenvalue weighted by atomic mass is 35.5. The molecular weight excluding hydrogens is 359 g/mol. The van der Waals surface area contributed by atoms with E-state index in [9.17, 15) is 9.59 Å². The van der Waals surface area contributed by atoms with Crippen LogP contribution in [0.3, 0.4) is 0 Å². The van der Waals surface area contributed by atoms with Crippen molar-refractivity contribution in [1.29, 1.82) is 0 Å². The lowest BCUT2D eigenvalue weighted by atomic mass is 10.0. The second-order valence-corrected chi connectivity index (χ2v) is 6.87. The van der Waals surface area contributed by atoms with E-state index < -0.39 is 0 Å². The third-order valence-electron chi connectivity index (χ3n) is 3.79. The molecule has 0 aromatic heterocycles. The zero-order valence-electron chi connectivity index (χ0n) is 14.6. The average molecular weight is 379 g/mol. The molecule has 2 aromatic rings. The Balaban J connectivity index is 2.27. The lowest BCUT2D eigenvalue weighted by Gasteiger charge is -2.25. The number of aryl methyl sites for hydroxylation is 3. The summed E-state index contributed by atoms with van der Waals surface area (Å²) in [5, 5.41) is 3.56. The maximum atomic E-state index is 12.4. The Bertz CT molecular complexity index is 811. The first-order valence-electron chi connectivity index (χ1n) is 7.80. The second-order valence-electron chi connectivity index (χ2n) is 6.02. The largest absolute Gasteiger partial charge is 0.323 e. The summed E-state index contributed by atoms with van der Waals surface area (Å²) in [5.74, 6) is -0.555. The molecule has 0 fully saturated rings. The molecule has 2 aromatic carbocycles. The van der Waals surface area contributed by atoms with Crippen LogP contribution in [-0.2, 0) is 9.59 Å². The highest BCUT2D eigenvalue weighted by molar-refractivity contribution is 6.35. The van der Waals surface area contributed by atoms with Gasteiger partial charge in [0, 0.05) is 11.9 Å². The number of carbonyl (C=O) groups is 2. The van der Waals surface area contributed by atoms with E-state index in [4.69, 9.17) is 23.2 Å². The molecule has 0 atom stereocenters. The van der Waals surface area contributed by atoms with Crippen LogP contribution >= 0.6 is 23.2 Å². The number of amides is 2. The van der Waals surface area contributed by atoms with Crippen LogP contribution < -0.4 is 10.2 Å². The number of carbonyl (C=O) groups excluding carboxylic acids is 2. The van der Waals surface area contributed by atoms with Crippen molar-refractivity contribution in [2.75, 3.05) is 16.8 Å². The molecule has 0 spiro atoms. The van der Waals surface area contributed by atoms with E-state index in [1.807, 2.05) is 32.9 Å². The number of halogens is 2. The normalized spacial score (nSPS) is 10.5. The van der Waals surface area contributed by atoms with Gasteiger partial charge in [-0.15, -0.1) is 0 Å². The van der Waals surface area contributed by atoms with Crippen molar-refractivity contribution in [3.63, 3.8) is 0 Å². The van der Waals surface area contributed by atoms with Gasteiger partial charge in [0.15, 0.2) is 0 Å². The van der Waals surface area contributed by atoms with Crippen molar-refractivity contribution in [1.82, 2.24) is 0 Å². The lowest BCUT2D eigenvalue weighted by Crippen LogP contribution is -2.37. The van der Waals surface area contributed by atoms with Crippen LogP contribution in [0.25, 0.3) is 0 Å². The first-order valence-corrected chi connectivity index (χ1v) is 8.55. The van der Waals surface area contributed by atoms with Crippen LogP contribution in [0.15, 0.2) is 30.3 Å². The zero-order valence-corrected chi connectivity index (χ0v) is 16.1. The van der Waals surface area contributed by atoms with Gasteiger partial charge < -0.3 is 10.2 Å². The van der Waals surface area contributed by atoms with Gasteiger partial charge in [-0.3, -0.25) is 9.59 Å². The molecule has 0 radical (unpaired) electrons. The highest BCUT2D eigenvalue weighted by Gasteiger charge is 2.20. The quantitative estimate of drug-likeness (QED) is 0.821. The molecular formula is C19H20Cl2N2O2. The summed E-state index contributed by atoms with van der Waals surface area (Å²) in [7, 11) is 0. The fraction of sp³-hybridized carbons (Fsp3) is 0.263. The summed E-state index contributed by atoms with van der Waals surface area (Å²) in [6.45, 7) is 7.19. The molecule has 0 bridgehead atoms. The summed E-state index contributed by atoms with van der Waals surface area (Å²) in [6.07, 6.45) is 0. The minimum Gasteiger partial charge on any atom is -0.323 e. The number of rotatable bonds is 4. The number of hydrogen-bond acceptors (Lipinski definition) is 2. The minimum absolute atomic E-state index is 0.108. The maximum Gasteiger partial charge on any atom is 0.244 e. The van der Waals surface area contributed by atoms with Gasteiger partial charge in [-0.05, 0) is 50.1 Å². The first-order chi connectivity index (χ1) is 11.7. The van der Waals surface area contributed by atoms with Crippen molar-refractivity contribution in [3.8, 4) is 0 Å². The molecule has 25 heavy (non-hydrogen) atoms. The molecule has 0 unspecified atom stereocenters. The lowest BCUT2D eigenvalue weighted by molar-refractivity contribution is -0.120. The maximum absolute atomic E-state index is 12.4. The van der Waals surface area contributed by atoms with E-state index in [2.05, 4.69) is 5.32 Å². The molecule has 0 aliphatic carbocycles. The summed E-state index contributed by atoms with van der Waals surface area (Å²) >= 11 is 12.0. The van der Waals surface area contributed by atoms with E-state index in [1.54, 1.807) is 18.2 Å². The molecule has 0 aliphatic rings. The third-order valence-corrected chi connectivity index (χ3v) is 4.35. The van der Waals surface area contributed by atoms with Crippen LogP contribution in [0, 0.1) is 20.8 Å². The summed E-state index contributed by atoms with van der Waals surface area (Å²) in [4.78, 5) is 26.1. The van der Waals surface area contributed by atoms with Crippen LogP contribution in [0.5, 0.6) is 0 Å². The molecule has 0 saturated carbocycles. The number of nitrogens with zero attached hydrogens (tertiary/aromatic N) is 1. The number of nitrogens with one attached hydrogen (secondary N) is 1. The zero-order chi connectivity index (χ0) is 18.7. The smallest absolute Gasteiger partial charge is 0.244 e. The van der Waals surface area contributed by atoms with Gasteiger partial charge in [0.1, 0.15) is 6.54 Å². The Morgan fingerprint density at radius 1 is 1.04 bits per heavy atom. The van der Waals surface area contributed by atoms with E-state index in [0.717, 1.165) is 22.4 Å². The van der Waals surface area contributed by atoms with Crippen molar-refractivity contribution in [2.24, 2.45) is 0 Å². The van der Waals surface area contributed by atoms with Gasteiger partial charge in [0.2, 0.25) is 11.8 Å². The SMILES string of the molecule is CC(=O)N(CC(=O)Nc1cc(Cl)ccc1Cl)c1c(C)cc(C)cc1C. The van der Waals surface area contributed by atoms with Crippen LogP contribution in [0.1, 0.15) is 23.6 Å². The standard InChI is InChI=1S/C19H20Cl2N2O2/c1-11-7-12(2)19(13(3)8-11)23(14(4)24)10-18(25)22-17-9-15(20)5-6-16(17)21/h5-9H,10H2,1-4H3,(H,22,25). The molecule has 6 heteroatoms. The topological polar surface area (TPSA) is 49.4 Å². The van der Waals surface area contributed by atoms with Crippen molar-refractivity contribution < 1.29 is 9.59 Å². The van der Waals surface area contributed by atoms with E-state index in [-0.39, 0.29) is 18.4 Å². The average Bonchev–Trinajstić information content (AvgIpc) is 2.48. The molecule has 0 heterocycles.